The van der Waals surface area contributed by atoms with Gasteiger partial charge in [-0.15, -0.1) is 0 Å². The van der Waals surface area contributed by atoms with Gasteiger partial charge in [0.2, 0.25) is 0 Å². The van der Waals surface area contributed by atoms with Crippen LogP contribution in [0.3, 0.4) is 0 Å². The molecule has 0 spiro atoms. The Hall–Kier alpha value is -2.53. The Balaban J connectivity index is 1.58. The van der Waals surface area contributed by atoms with Gasteiger partial charge in [0.25, 0.3) is 5.91 Å². The molecule has 1 aliphatic heterocycles. The van der Waals surface area contributed by atoms with Gasteiger partial charge in [0.1, 0.15) is 5.75 Å². The fourth-order valence-electron chi connectivity index (χ4n) is 3.80. The lowest BCUT2D eigenvalue weighted by Gasteiger charge is -2.37. The number of para-hydroxylation sites is 2. The van der Waals surface area contributed by atoms with Gasteiger partial charge in [-0.3, -0.25) is 4.79 Å². The zero-order chi connectivity index (χ0) is 19.2. The van der Waals surface area contributed by atoms with Crippen molar-refractivity contribution in [2.24, 2.45) is 0 Å². The molecule has 1 saturated heterocycles. The minimum Gasteiger partial charge on any atom is -0.506 e. The number of carbonyl (C=O) groups is 1. The largest absolute Gasteiger partial charge is 0.506 e. The number of benzene rings is 2. The molecule has 5 nitrogen and oxygen atoms in total. The van der Waals surface area contributed by atoms with Crippen LogP contribution < -0.4 is 9.80 Å². The van der Waals surface area contributed by atoms with Crippen molar-refractivity contribution in [1.29, 1.82) is 0 Å². The second-order valence-corrected chi connectivity index (χ2v) is 7.19. The Kier molecular flexibility index (Phi) is 6.35. The highest BCUT2D eigenvalue weighted by molar-refractivity contribution is 5.80. The molecule has 1 fully saturated rings. The fourth-order valence-corrected chi connectivity index (χ4v) is 3.80. The van der Waals surface area contributed by atoms with Gasteiger partial charge >= 0.3 is 0 Å². The van der Waals surface area contributed by atoms with Gasteiger partial charge in [0, 0.05) is 13.1 Å². The molecule has 0 bridgehead atoms. The number of phenolic OH excluding ortho intramolecular Hbond substituents is 1. The lowest BCUT2D eigenvalue weighted by Crippen LogP contribution is -3.19. The van der Waals surface area contributed by atoms with Crippen molar-refractivity contribution in [2.75, 3.05) is 37.6 Å². The summed E-state index contributed by atoms with van der Waals surface area (Å²) in [6.45, 7) is 8.94. The normalized spacial score (nSPS) is 16.1. The van der Waals surface area contributed by atoms with Crippen molar-refractivity contribution in [1.82, 2.24) is 4.90 Å². The van der Waals surface area contributed by atoms with Crippen LogP contribution in [0.5, 0.6) is 5.75 Å². The van der Waals surface area contributed by atoms with E-state index in [4.69, 9.17) is 0 Å². The maximum atomic E-state index is 13.0. The van der Waals surface area contributed by atoms with Crippen LogP contribution in [-0.4, -0.2) is 54.7 Å². The van der Waals surface area contributed by atoms with E-state index in [9.17, 15) is 9.90 Å². The number of hydrogen-bond donors (Lipinski definition) is 2. The van der Waals surface area contributed by atoms with Gasteiger partial charge in [-0.2, -0.15) is 0 Å². The Labute approximate surface area is 161 Å². The average molecular weight is 369 g/mol. The van der Waals surface area contributed by atoms with Crippen molar-refractivity contribution in [2.45, 2.75) is 26.4 Å². The van der Waals surface area contributed by atoms with E-state index in [1.165, 1.54) is 10.5 Å². The van der Waals surface area contributed by atoms with Gasteiger partial charge in [-0.05, 0) is 31.5 Å². The summed E-state index contributed by atoms with van der Waals surface area (Å²) in [5, 5.41) is 10.1. The first kappa shape index (κ1) is 19.2. The molecule has 144 valence electrons. The summed E-state index contributed by atoms with van der Waals surface area (Å²) in [7, 11) is 0. The quantitative estimate of drug-likeness (QED) is 0.813. The van der Waals surface area contributed by atoms with E-state index < -0.39 is 0 Å². The molecule has 0 saturated carbocycles. The Bertz CT molecular complexity index is 742. The van der Waals surface area contributed by atoms with Gasteiger partial charge in [0.05, 0.1) is 31.9 Å². The summed E-state index contributed by atoms with van der Waals surface area (Å²) in [5.41, 5.74) is 2.05. The van der Waals surface area contributed by atoms with Crippen LogP contribution in [0.15, 0.2) is 54.6 Å². The molecular formula is C22H30N3O2+. The number of nitrogens with zero attached hydrogens (tertiary/aromatic N) is 2. The van der Waals surface area contributed by atoms with Crippen molar-refractivity contribution < 1.29 is 14.8 Å². The number of quaternary nitrogens is 1. The van der Waals surface area contributed by atoms with Gasteiger partial charge < -0.3 is 19.8 Å². The number of rotatable bonds is 6. The lowest BCUT2D eigenvalue weighted by molar-refractivity contribution is -0.915. The lowest BCUT2D eigenvalue weighted by atomic mass is 10.1. The minimum absolute atomic E-state index is 0.0554. The highest BCUT2D eigenvalue weighted by Gasteiger charge is 2.32. The molecule has 1 amide bonds. The molecule has 1 heterocycles. The first-order valence-corrected chi connectivity index (χ1v) is 9.80. The molecule has 0 radical (unpaired) electrons. The standard InChI is InChI=1S/C22H29N3O2/c1-3-23(17-19-9-5-4-6-10-19)22(27)18(2)24-13-15-25(16-14-24)20-11-7-8-12-21(20)26/h4-12,18,26H,3,13-17H2,1-2H3/p+1/t18-/m0/s1. The number of aromatic hydroxyl groups is 1. The number of anilines is 1. The van der Waals surface area contributed by atoms with Crippen LogP contribution in [0.1, 0.15) is 19.4 Å². The van der Waals surface area contributed by atoms with Gasteiger partial charge in [0.15, 0.2) is 6.04 Å². The van der Waals surface area contributed by atoms with Crippen molar-refractivity contribution in [3.8, 4) is 5.75 Å². The molecule has 0 aromatic heterocycles. The Morgan fingerprint density at radius 3 is 2.37 bits per heavy atom. The van der Waals surface area contributed by atoms with Gasteiger partial charge in [-0.1, -0.05) is 42.5 Å². The zero-order valence-corrected chi connectivity index (χ0v) is 16.3. The zero-order valence-electron chi connectivity index (χ0n) is 16.3. The first-order valence-electron chi connectivity index (χ1n) is 9.80. The molecule has 2 aromatic rings. The second-order valence-electron chi connectivity index (χ2n) is 7.19. The number of amides is 1. The second kappa shape index (κ2) is 8.91. The molecule has 27 heavy (non-hydrogen) atoms. The van der Waals surface area contributed by atoms with E-state index in [0.717, 1.165) is 38.4 Å². The third kappa shape index (κ3) is 4.61. The van der Waals surface area contributed by atoms with Gasteiger partial charge in [-0.25, -0.2) is 0 Å². The monoisotopic (exact) mass is 368 g/mol. The van der Waals surface area contributed by atoms with Crippen LogP contribution in [-0.2, 0) is 11.3 Å². The summed E-state index contributed by atoms with van der Waals surface area (Å²) in [6.07, 6.45) is 0. The number of hydrogen-bond acceptors (Lipinski definition) is 3. The topological polar surface area (TPSA) is 48.2 Å². The van der Waals surface area contributed by atoms with E-state index in [2.05, 4.69) is 17.0 Å². The summed E-state index contributed by atoms with van der Waals surface area (Å²) in [6, 6.07) is 17.6. The number of phenols is 1. The van der Waals surface area contributed by atoms with E-state index in [1.807, 2.05) is 55.1 Å². The third-order valence-electron chi connectivity index (χ3n) is 5.52. The summed E-state index contributed by atoms with van der Waals surface area (Å²) < 4.78 is 0. The maximum absolute atomic E-state index is 13.0. The van der Waals surface area contributed by atoms with Crippen molar-refractivity contribution >= 4 is 11.6 Å². The first-order chi connectivity index (χ1) is 13.1. The van der Waals surface area contributed by atoms with E-state index >= 15 is 0 Å². The number of nitrogens with one attached hydrogen (secondary N) is 1. The summed E-state index contributed by atoms with van der Waals surface area (Å²) in [5.74, 6) is 0.539. The molecule has 2 N–H and O–H groups in total. The molecule has 0 aliphatic carbocycles. The summed E-state index contributed by atoms with van der Waals surface area (Å²) >= 11 is 0. The van der Waals surface area contributed by atoms with Crippen LogP contribution in [0, 0.1) is 0 Å². The summed E-state index contributed by atoms with van der Waals surface area (Å²) in [4.78, 5) is 18.5. The SMILES string of the molecule is CCN(Cc1ccccc1)C(=O)[C@H](C)[NH+]1CCN(c2ccccc2O)CC1. The number of piperazine rings is 1. The predicted molar refractivity (Wildman–Crippen MR) is 108 cm³/mol. The molecule has 5 heteroatoms. The molecule has 2 aromatic carbocycles. The Morgan fingerprint density at radius 1 is 1.11 bits per heavy atom. The fraction of sp³-hybridized carbons (Fsp3) is 0.409. The molecular weight excluding hydrogens is 338 g/mol. The smallest absolute Gasteiger partial charge is 0.280 e. The number of carbonyl (C=O) groups excluding carboxylic acids is 1. The van der Waals surface area contributed by atoms with E-state index in [1.54, 1.807) is 6.07 Å². The predicted octanol–water partition coefficient (Wildman–Crippen LogP) is 1.53. The average Bonchev–Trinajstić information content (AvgIpc) is 2.72. The van der Waals surface area contributed by atoms with Crippen LogP contribution >= 0.6 is 0 Å². The number of likely N-dealkylation sites (N-methyl/N-ethyl adjacent to an activating group) is 1. The molecule has 1 atom stereocenters. The van der Waals surface area contributed by atoms with E-state index in [-0.39, 0.29) is 11.9 Å². The van der Waals surface area contributed by atoms with Crippen LogP contribution in [0.2, 0.25) is 0 Å². The molecule has 3 rings (SSSR count). The third-order valence-corrected chi connectivity index (χ3v) is 5.52. The molecule has 1 aliphatic rings. The van der Waals surface area contributed by atoms with E-state index in [0.29, 0.717) is 12.3 Å². The van der Waals surface area contributed by atoms with Crippen molar-refractivity contribution in [3.63, 3.8) is 0 Å². The maximum Gasteiger partial charge on any atom is 0.280 e. The Morgan fingerprint density at radius 2 is 1.74 bits per heavy atom. The molecule has 0 unspecified atom stereocenters. The van der Waals surface area contributed by atoms with Crippen LogP contribution in [0.4, 0.5) is 5.69 Å². The van der Waals surface area contributed by atoms with Crippen LogP contribution in [0.25, 0.3) is 0 Å². The highest BCUT2D eigenvalue weighted by atomic mass is 16.3. The highest BCUT2D eigenvalue weighted by Crippen LogP contribution is 2.26. The van der Waals surface area contributed by atoms with Crippen molar-refractivity contribution in [3.05, 3.63) is 60.2 Å². The minimum atomic E-state index is -0.0554.